The molecule has 3 N–H and O–H groups in total. The molecular formula is C24H35NO7. The summed E-state index contributed by atoms with van der Waals surface area (Å²) in [6.07, 6.45) is 4.24. The number of aliphatic carboxylic acids is 2. The van der Waals surface area contributed by atoms with Gasteiger partial charge in [-0.05, 0) is 43.4 Å². The summed E-state index contributed by atoms with van der Waals surface area (Å²) in [7, 11) is 1.58. The van der Waals surface area contributed by atoms with Gasteiger partial charge in [0.1, 0.15) is 5.75 Å². The smallest absolute Gasteiger partial charge is 0.306 e. The number of methoxy groups -OCH3 is 1. The molecule has 1 fully saturated rings. The summed E-state index contributed by atoms with van der Waals surface area (Å²) < 4.78 is 10.9. The maximum absolute atomic E-state index is 13.3. The highest BCUT2D eigenvalue weighted by Gasteiger charge is 2.44. The van der Waals surface area contributed by atoms with Gasteiger partial charge < -0.3 is 25.0 Å². The van der Waals surface area contributed by atoms with Gasteiger partial charge in [-0.25, -0.2) is 0 Å². The SMILES string of the molecule is CCC[C@H](CC1(C(=O)N[C@@H](COCc2cccc(OC)c2)CC(=O)O)CCCC1)C(=O)O. The van der Waals surface area contributed by atoms with E-state index in [-0.39, 0.29) is 32.0 Å². The molecule has 1 aromatic carbocycles. The van der Waals surface area contributed by atoms with Crippen LogP contribution >= 0.6 is 0 Å². The molecule has 8 heteroatoms. The second-order valence-electron chi connectivity index (χ2n) is 8.65. The Balaban J connectivity index is 2.03. The highest BCUT2D eigenvalue weighted by molar-refractivity contribution is 5.84. The van der Waals surface area contributed by atoms with Crippen LogP contribution in [0.3, 0.4) is 0 Å². The van der Waals surface area contributed by atoms with E-state index in [4.69, 9.17) is 9.47 Å². The first-order chi connectivity index (χ1) is 15.3. The molecule has 1 aromatic rings. The Morgan fingerprint density at radius 3 is 2.50 bits per heavy atom. The van der Waals surface area contributed by atoms with E-state index in [9.17, 15) is 24.6 Å². The third-order valence-electron chi connectivity index (χ3n) is 6.14. The normalized spacial score (nSPS) is 16.8. The molecule has 0 unspecified atom stereocenters. The number of carboxylic acids is 2. The predicted molar refractivity (Wildman–Crippen MR) is 118 cm³/mol. The minimum atomic E-state index is -1.03. The van der Waals surface area contributed by atoms with E-state index in [1.54, 1.807) is 7.11 Å². The number of hydrogen-bond donors (Lipinski definition) is 3. The van der Waals surface area contributed by atoms with Crippen molar-refractivity contribution in [2.24, 2.45) is 11.3 Å². The number of carboxylic acid groups (broad SMARTS) is 2. The van der Waals surface area contributed by atoms with Crippen molar-refractivity contribution in [1.82, 2.24) is 5.32 Å². The van der Waals surface area contributed by atoms with Crippen LogP contribution in [0.5, 0.6) is 5.75 Å². The molecule has 1 aliphatic rings. The van der Waals surface area contributed by atoms with Gasteiger partial charge >= 0.3 is 11.9 Å². The van der Waals surface area contributed by atoms with Crippen LogP contribution in [0.2, 0.25) is 0 Å². The van der Waals surface area contributed by atoms with Crippen LogP contribution in [-0.4, -0.2) is 47.8 Å². The second-order valence-corrected chi connectivity index (χ2v) is 8.65. The Morgan fingerprint density at radius 1 is 1.19 bits per heavy atom. The highest BCUT2D eigenvalue weighted by Crippen LogP contribution is 2.44. The van der Waals surface area contributed by atoms with Gasteiger partial charge in [0.05, 0.1) is 44.1 Å². The monoisotopic (exact) mass is 449 g/mol. The maximum atomic E-state index is 13.3. The van der Waals surface area contributed by atoms with Gasteiger partial charge in [0.15, 0.2) is 0 Å². The van der Waals surface area contributed by atoms with Crippen LogP contribution in [0.25, 0.3) is 0 Å². The predicted octanol–water partition coefficient (Wildman–Crippen LogP) is 3.62. The zero-order chi connectivity index (χ0) is 23.6. The van der Waals surface area contributed by atoms with Crippen molar-refractivity contribution in [1.29, 1.82) is 0 Å². The topological polar surface area (TPSA) is 122 Å². The molecule has 0 bridgehead atoms. The fourth-order valence-corrected chi connectivity index (χ4v) is 4.49. The molecule has 0 aromatic heterocycles. The fraction of sp³-hybridized carbons (Fsp3) is 0.625. The average molecular weight is 450 g/mol. The Morgan fingerprint density at radius 2 is 1.91 bits per heavy atom. The van der Waals surface area contributed by atoms with E-state index in [0.717, 1.165) is 24.8 Å². The number of benzene rings is 1. The molecule has 0 heterocycles. The first kappa shape index (κ1) is 25.6. The quantitative estimate of drug-likeness (QED) is 0.396. The molecule has 2 rings (SSSR count). The van der Waals surface area contributed by atoms with E-state index in [1.165, 1.54) is 0 Å². The Bertz CT molecular complexity index is 773. The van der Waals surface area contributed by atoms with Crippen LogP contribution in [0, 0.1) is 11.3 Å². The lowest BCUT2D eigenvalue weighted by molar-refractivity contribution is -0.144. The fourth-order valence-electron chi connectivity index (χ4n) is 4.49. The molecule has 1 amide bonds. The van der Waals surface area contributed by atoms with Crippen molar-refractivity contribution >= 4 is 17.8 Å². The largest absolute Gasteiger partial charge is 0.497 e. The van der Waals surface area contributed by atoms with Crippen molar-refractivity contribution in [3.8, 4) is 5.75 Å². The second kappa shape index (κ2) is 12.4. The van der Waals surface area contributed by atoms with Crippen LogP contribution in [-0.2, 0) is 25.7 Å². The van der Waals surface area contributed by atoms with E-state index in [1.807, 2.05) is 31.2 Å². The number of carbonyl (C=O) groups excluding carboxylic acids is 1. The van der Waals surface area contributed by atoms with Crippen molar-refractivity contribution in [3.63, 3.8) is 0 Å². The van der Waals surface area contributed by atoms with Crippen molar-refractivity contribution in [2.45, 2.75) is 70.9 Å². The molecule has 0 aliphatic heterocycles. The van der Waals surface area contributed by atoms with E-state index in [2.05, 4.69) is 5.32 Å². The highest BCUT2D eigenvalue weighted by atomic mass is 16.5. The summed E-state index contributed by atoms with van der Waals surface area (Å²) in [5, 5.41) is 21.7. The summed E-state index contributed by atoms with van der Waals surface area (Å²) in [5.41, 5.74) is 0.114. The molecule has 0 saturated heterocycles. The van der Waals surface area contributed by atoms with Gasteiger partial charge in [-0.15, -0.1) is 0 Å². The van der Waals surface area contributed by atoms with Crippen molar-refractivity contribution in [3.05, 3.63) is 29.8 Å². The van der Waals surface area contributed by atoms with Crippen LogP contribution < -0.4 is 10.1 Å². The van der Waals surface area contributed by atoms with Gasteiger partial charge in [0.25, 0.3) is 0 Å². The van der Waals surface area contributed by atoms with E-state index in [0.29, 0.717) is 25.0 Å². The Kier molecular flexibility index (Phi) is 9.97. The number of ether oxygens (including phenoxy) is 2. The molecule has 178 valence electrons. The zero-order valence-electron chi connectivity index (χ0n) is 19.0. The van der Waals surface area contributed by atoms with Crippen molar-refractivity contribution in [2.75, 3.05) is 13.7 Å². The molecule has 32 heavy (non-hydrogen) atoms. The zero-order valence-corrected chi connectivity index (χ0v) is 19.0. The molecule has 1 aliphatic carbocycles. The first-order valence-corrected chi connectivity index (χ1v) is 11.3. The Hall–Kier alpha value is -2.61. The maximum Gasteiger partial charge on any atom is 0.306 e. The van der Waals surface area contributed by atoms with Gasteiger partial charge in [-0.1, -0.05) is 38.3 Å². The molecule has 0 radical (unpaired) electrons. The molecule has 2 atom stereocenters. The minimum Gasteiger partial charge on any atom is -0.497 e. The molecule has 1 saturated carbocycles. The molecule has 8 nitrogen and oxygen atoms in total. The lowest BCUT2D eigenvalue weighted by Crippen LogP contribution is -2.48. The minimum absolute atomic E-state index is 0.0443. The third kappa shape index (κ3) is 7.51. The first-order valence-electron chi connectivity index (χ1n) is 11.3. The van der Waals surface area contributed by atoms with E-state index >= 15 is 0 Å². The van der Waals surface area contributed by atoms with Crippen LogP contribution in [0.4, 0.5) is 0 Å². The summed E-state index contributed by atoms with van der Waals surface area (Å²) in [6, 6.07) is 6.67. The van der Waals surface area contributed by atoms with Crippen molar-refractivity contribution < 1.29 is 34.1 Å². The number of nitrogens with one attached hydrogen (secondary N) is 1. The van der Waals surface area contributed by atoms with E-state index < -0.39 is 29.3 Å². The molecule has 0 spiro atoms. The summed E-state index contributed by atoms with van der Waals surface area (Å²) in [6.45, 7) is 2.23. The molecular weight excluding hydrogens is 414 g/mol. The number of hydrogen-bond acceptors (Lipinski definition) is 5. The summed E-state index contributed by atoms with van der Waals surface area (Å²) >= 11 is 0. The average Bonchev–Trinajstić information content (AvgIpc) is 3.23. The lowest BCUT2D eigenvalue weighted by atomic mass is 9.75. The van der Waals surface area contributed by atoms with Crippen LogP contribution in [0.1, 0.15) is 63.9 Å². The number of amides is 1. The summed E-state index contributed by atoms with van der Waals surface area (Å²) in [5.74, 6) is -2.05. The van der Waals surface area contributed by atoms with Gasteiger partial charge in [-0.3, -0.25) is 14.4 Å². The summed E-state index contributed by atoms with van der Waals surface area (Å²) in [4.78, 5) is 36.3. The number of rotatable bonds is 14. The van der Waals surface area contributed by atoms with Gasteiger partial charge in [0.2, 0.25) is 5.91 Å². The lowest BCUT2D eigenvalue weighted by Gasteiger charge is -2.32. The third-order valence-corrected chi connectivity index (χ3v) is 6.14. The van der Waals surface area contributed by atoms with Gasteiger partial charge in [0, 0.05) is 0 Å². The standard InChI is InChI=1S/C24H35NO7/c1-3-7-18(22(28)29)14-24(10-4-5-11-24)23(30)25-19(13-21(26)27)16-32-15-17-8-6-9-20(12-17)31-2/h6,8-9,12,18-19H,3-5,7,10-11,13-16H2,1-2H3,(H,25,30)(H,26,27)(H,28,29)/t18-,19-/m1/s1. The number of carbonyl (C=O) groups is 3. The van der Waals surface area contributed by atoms with Crippen LogP contribution in [0.15, 0.2) is 24.3 Å². The Labute approximate surface area is 189 Å². The van der Waals surface area contributed by atoms with Gasteiger partial charge in [-0.2, -0.15) is 0 Å².